The lowest BCUT2D eigenvalue weighted by Gasteiger charge is -2.35. The van der Waals surface area contributed by atoms with Gasteiger partial charge in [-0.3, -0.25) is 9.89 Å². The van der Waals surface area contributed by atoms with E-state index >= 15 is 0 Å². The molecule has 140 valence electrons. The quantitative estimate of drug-likeness (QED) is 0.637. The Balaban J connectivity index is 1.36. The van der Waals surface area contributed by atoms with E-state index in [9.17, 15) is 0 Å². The van der Waals surface area contributed by atoms with Crippen LogP contribution in [0.25, 0.3) is 0 Å². The van der Waals surface area contributed by atoms with Gasteiger partial charge < -0.3 is 20.0 Å². The van der Waals surface area contributed by atoms with Crippen molar-refractivity contribution in [2.24, 2.45) is 10.7 Å². The van der Waals surface area contributed by atoms with E-state index in [2.05, 4.69) is 19.7 Å². The summed E-state index contributed by atoms with van der Waals surface area (Å²) in [5, 5.41) is 3.11. The number of aromatic nitrogens is 1. The Hall–Kier alpha value is -2.06. The number of likely N-dealkylation sites (tertiary alicyclic amines) is 1. The highest BCUT2D eigenvalue weighted by Gasteiger charge is 2.26. The third-order valence-electron chi connectivity index (χ3n) is 5.17. The Morgan fingerprint density at radius 3 is 2.69 bits per heavy atom. The number of hydrogen-bond donors (Lipinski definition) is 1. The number of nitrogens with zero attached hydrogens (tertiary/aromatic N) is 5. The molecule has 1 atom stereocenters. The van der Waals surface area contributed by atoms with Crippen molar-refractivity contribution >= 4 is 22.4 Å². The number of aliphatic imine (C=N–C) groups is 1. The number of nitrogens with two attached hydrogens (primary N) is 1. The van der Waals surface area contributed by atoms with Crippen molar-refractivity contribution in [3.05, 3.63) is 35.7 Å². The molecule has 26 heavy (non-hydrogen) atoms. The van der Waals surface area contributed by atoms with Gasteiger partial charge in [-0.25, -0.2) is 4.98 Å². The van der Waals surface area contributed by atoms with Crippen molar-refractivity contribution in [1.29, 1.82) is 0 Å². The van der Waals surface area contributed by atoms with Crippen LogP contribution in [0.15, 0.2) is 39.4 Å². The van der Waals surface area contributed by atoms with Crippen LogP contribution in [0, 0.1) is 0 Å². The highest BCUT2D eigenvalue weighted by Crippen LogP contribution is 2.26. The molecule has 0 saturated carbocycles. The Kier molecular flexibility index (Phi) is 5.40. The molecule has 0 bridgehead atoms. The van der Waals surface area contributed by atoms with Crippen molar-refractivity contribution in [1.82, 2.24) is 14.8 Å². The topological polar surface area (TPSA) is 74.1 Å². The van der Waals surface area contributed by atoms with Crippen LogP contribution in [0.2, 0.25) is 0 Å². The summed E-state index contributed by atoms with van der Waals surface area (Å²) in [7, 11) is 0. The van der Waals surface area contributed by atoms with Gasteiger partial charge in [-0.05, 0) is 38.1 Å². The standard InChI is InChI=1S/C18H26N6OS/c19-17(23-8-10-24(11-9-23)18-20-5-13-26-18)21-14-15(16-4-3-12-25-16)22-6-1-2-7-22/h3-5,12-13,15H,1-2,6-11,14H2,(H2,19,21). The van der Waals surface area contributed by atoms with Crippen molar-refractivity contribution in [2.75, 3.05) is 50.7 Å². The molecule has 4 heterocycles. The van der Waals surface area contributed by atoms with Gasteiger partial charge in [-0.1, -0.05) is 0 Å². The van der Waals surface area contributed by atoms with E-state index in [0.717, 1.165) is 50.2 Å². The fourth-order valence-electron chi connectivity index (χ4n) is 3.70. The van der Waals surface area contributed by atoms with Crippen molar-refractivity contribution in [2.45, 2.75) is 18.9 Å². The van der Waals surface area contributed by atoms with E-state index in [0.29, 0.717) is 12.5 Å². The lowest BCUT2D eigenvalue weighted by molar-refractivity contribution is 0.220. The number of furan rings is 1. The molecule has 0 amide bonds. The molecule has 2 aromatic heterocycles. The minimum absolute atomic E-state index is 0.183. The number of rotatable bonds is 5. The minimum atomic E-state index is 0.183. The van der Waals surface area contributed by atoms with Gasteiger partial charge in [-0.2, -0.15) is 0 Å². The van der Waals surface area contributed by atoms with E-state index < -0.39 is 0 Å². The molecule has 0 spiro atoms. The van der Waals surface area contributed by atoms with E-state index in [1.807, 2.05) is 23.7 Å². The van der Waals surface area contributed by atoms with Crippen LogP contribution in [0.5, 0.6) is 0 Å². The molecule has 2 fully saturated rings. The Morgan fingerprint density at radius 1 is 1.23 bits per heavy atom. The molecule has 2 N–H and O–H groups in total. The fraction of sp³-hybridized carbons (Fsp3) is 0.556. The molecule has 2 aromatic rings. The predicted octanol–water partition coefficient (Wildman–Crippen LogP) is 2.01. The molecule has 0 radical (unpaired) electrons. The van der Waals surface area contributed by atoms with Gasteiger partial charge in [0.2, 0.25) is 0 Å². The van der Waals surface area contributed by atoms with E-state index in [4.69, 9.17) is 15.1 Å². The molecule has 0 aromatic carbocycles. The molecule has 8 heteroatoms. The Morgan fingerprint density at radius 2 is 2.04 bits per heavy atom. The molecule has 1 unspecified atom stereocenters. The summed E-state index contributed by atoms with van der Waals surface area (Å²) < 4.78 is 5.66. The highest BCUT2D eigenvalue weighted by atomic mass is 32.1. The molecule has 2 saturated heterocycles. The second-order valence-electron chi connectivity index (χ2n) is 6.76. The molecule has 2 aliphatic heterocycles. The van der Waals surface area contributed by atoms with Gasteiger partial charge >= 0.3 is 0 Å². The van der Waals surface area contributed by atoms with Gasteiger partial charge in [0, 0.05) is 37.8 Å². The zero-order valence-electron chi connectivity index (χ0n) is 15.0. The van der Waals surface area contributed by atoms with Crippen LogP contribution >= 0.6 is 11.3 Å². The second kappa shape index (κ2) is 8.09. The number of piperazine rings is 1. The lowest BCUT2D eigenvalue weighted by Crippen LogP contribution is -2.51. The van der Waals surface area contributed by atoms with E-state index in [-0.39, 0.29) is 6.04 Å². The van der Waals surface area contributed by atoms with Crippen LogP contribution in [0.1, 0.15) is 24.6 Å². The van der Waals surface area contributed by atoms with Gasteiger partial charge in [0.1, 0.15) is 5.76 Å². The summed E-state index contributed by atoms with van der Waals surface area (Å²) in [5.74, 6) is 1.62. The first-order valence-electron chi connectivity index (χ1n) is 9.28. The molecule has 4 rings (SSSR count). The summed E-state index contributed by atoms with van der Waals surface area (Å²) in [6, 6.07) is 4.17. The maximum absolute atomic E-state index is 6.31. The summed E-state index contributed by atoms with van der Waals surface area (Å²) in [6.45, 7) is 6.47. The van der Waals surface area contributed by atoms with Crippen molar-refractivity contribution in [3.63, 3.8) is 0 Å². The minimum Gasteiger partial charge on any atom is -0.468 e. The summed E-state index contributed by atoms with van der Waals surface area (Å²) in [4.78, 5) is 16.1. The smallest absolute Gasteiger partial charge is 0.191 e. The Bertz CT molecular complexity index is 687. The maximum atomic E-state index is 6.31. The van der Waals surface area contributed by atoms with Gasteiger partial charge in [0.05, 0.1) is 18.8 Å². The second-order valence-corrected chi connectivity index (χ2v) is 7.63. The van der Waals surface area contributed by atoms with Gasteiger partial charge in [0.15, 0.2) is 11.1 Å². The summed E-state index contributed by atoms with van der Waals surface area (Å²) in [5.41, 5.74) is 6.31. The SMILES string of the molecule is NC(=NCC(c1ccco1)N1CCCC1)N1CCN(c2nccs2)CC1. The zero-order chi connectivity index (χ0) is 17.8. The highest BCUT2D eigenvalue weighted by molar-refractivity contribution is 7.13. The fourth-order valence-corrected chi connectivity index (χ4v) is 4.40. The third-order valence-corrected chi connectivity index (χ3v) is 6.00. The van der Waals surface area contributed by atoms with Crippen LogP contribution < -0.4 is 10.6 Å². The number of hydrogen-bond acceptors (Lipinski definition) is 6. The molecular formula is C18H26N6OS. The number of guanidine groups is 1. The average Bonchev–Trinajstić information content (AvgIpc) is 3.45. The molecule has 0 aliphatic carbocycles. The normalized spacial score (nSPS) is 20.7. The van der Waals surface area contributed by atoms with Crippen molar-refractivity contribution in [3.8, 4) is 0 Å². The van der Waals surface area contributed by atoms with Crippen LogP contribution in [-0.2, 0) is 0 Å². The summed E-state index contributed by atoms with van der Waals surface area (Å²) >= 11 is 1.68. The van der Waals surface area contributed by atoms with E-state index in [1.165, 1.54) is 12.8 Å². The Labute approximate surface area is 158 Å². The van der Waals surface area contributed by atoms with Gasteiger partial charge in [0.25, 0.3) is 0 Å². The molecule has 2 aliphatic rings. The average molecular weight is 375 g/mol. The van der Waals surface area contributed by atoms with Crippen molar-refractivity contribution < 1.29 is 4.42 Å². The summed E-state index contributed by atoms with van der Waals surface area (Å²) in [6.07, 6.45) is 6.09. The molecular weight excluding hydrogens is 348 g/mol. The van der Waals surface area contributed by atoms with Crippen LogP contribution in [0.3, 0.4) is 0 Å². The van der Waals surface area contributed by atoms with Crippen LogP contribution in [-0.4, -0.2) is 66.6 Å². The first-order valence-corrected chi connectivity index (χ1v) is 10.2. The van der Waals surface area contributed by atoms with E-state index in [1.54, 1.807) is 17.6 Å². The first-order chi connectivity index (χ1) is 12.8. The maximum Gasteiger partial charge on any atom is 0.191 e. The third kappa shape index (κ3) is 3.86. The predicted molar refractivity (Wildman–Crippen MR) is 105 cm³/mol. The van der Waals surface area contributed by atoms with Crippen LogP contribution in [0.4, 0.5) is 5.13 Å². The first kappa shape index (κ1) is 17.4. The lowest BCUT2D eigenvalue weighted by atomic mass is 10.2. The number of anilines is 1. The molecule has 7 nitrogen and oxygen atoms in total. The monoisotopic (exact) mass is 374 g/mol. The zero-order valence-corrected chi connectivity index (χ0v) is 15.8. The number of thiazole rings is 1. The van der Waals surface area contributed by atoms with Gasteiger partial charge in [-0.15, -0.1) is 11.3 Å². The largest absolute Gasteiger partial charge is 0.468 e.